The Morgan fingerprint density at radius 2 is 1.75 bits per heavy atom. The SMILES string of the molecule is O=C(Cn1cnc2sc(-c3ccccc3)cc2c1=O)OCCc1ccccc1. The average Bonchev–Trinajstić information content (AvgIpc) is 3.17. The first-order valence-corrected chi connectivity index (χ1v) is 9.76. The summed E-state index contributed by atoms with van der Waals surface area (Å²) in [5.41, 5.74) is 1.91. The van der Waals surface area contributed by atoms with E-state index in [0.29, 0.717) is 16.6 Å². The maximum absolute atomic E-state index is 12.7. The molecule has 0 N–H and O–H groups in total. The molecule has 0 saturated heterocycles. The Morgan fingerprint density at radius 1 is 1.04 bits per heavy atom. The van der Waals surface area contributed by atoms with Gasteiger partial charge in [0.1, 0.15) is 11.4 Å². The van der Waals surface area contributed by atoms with E-state index in [1.807, 2.05) is 66.7 Å². The summed E-state index contributed by atoms with van der Waals surface area (Å²) in [4.78, 5) is 30.8. The molecule has 28 heavy (non-hydrogen) atoms. The lowest BCUT2D eigenvalue weighted by Crippen LogP contribution is -2.25. The van der Waals surface area contributed by atoms with Gasteiger partial charge in [-0.3, -0.25) is 14.2 Å². The quantitative estimate of drug-likeness (QED) is 0.468. The lowest BCUT2D eigenvalue weighted by Gasteiger charge is -2.06. The van der Waals surface area contributed by atoms with E-state index in [9.17, 15) is 9.59 Å². The molecule has 5 nitrogen and oxygen atoms in total. The second kappa shape index (κ2) is 8.19. The second-order valence-electron chi connectivity index (χ2n) is 6.33. The Bertz CT molecular complexity index is 1150. The summed E-state index contributed by atoms with van der Waals surface area (Å²) in [6, 6.07) is 21.5. The van der Waals surface area contributed by atoms with Crippen LogP contribution in [0.3, 0.4) is 0 Å². The van der Waals surface area contributed by atoms with Crippen LogP contribution < -0.4 is 5.56 Å². The van der Waals surface area contributed by atoms with Crippen molar-refractivity contribution in [2.45, 2.75) is 13.0 Å². The van der Waals surface area contributed by atoms with Gasteiger partial charge in [0.25, 0.3) is 5.56 Å². The number of hydrogen-bond donors (Lipinski definition) is 0. The molecule has 0 aliphatic heterocycles. The Hall–Kier alpha value is -3.25. The number of nitrogens with zero attached hydrogens (tertiary/aromatic N) is 2. The van der Waals surface area contributed by atoms with E-state index >= 15 is 0 Å². The summed E-state index contributed by atoms with van der Waals surface area (Å²) in [5.74, 6) is -0.447. The molecule has 2 heterocycles. The molecule has 2 aromatic heterocycles. The number of ether oxygens (including phenoxy) is 1. The molecule has 0 fully saturated rings. The minimum Gasteiger partial charge on any atom is -0.464 e. The summed E-state index contributed by atoms with van der Waals surface area (Å²) in [5, 5.41) is 0.517. The largest absolute Gasteiger partial charge is 0.464 e. The fourth-order valence-corrected chi connectivity index (χ4v) is 3.92. The molecule has 0 amide bonds. The van der Waals surface area contributed by atoms with Crippen LogP contribution in [0.4, 0.5) is 0 Å². The van der Waals surface area contributed by atoms with Crippen LogP contribution >= 0.6 is 11.3 Å². The molecule has 0 radical (unpaired) electrons. The monoisotopic (exact) mass is 390 g/mol. The number of thiophene rings is 1. The van der Waals surface area contributed by atoms with E-state index in [2.05, 4.69) is 4.98 Å². The fraction of sp³-hybridized carbons (Fsp3) is 0.136. The normalized spacial score (nSPS) is 10.9. The average molecular weight is 390 g/mol. The van der Waals surface area contributed by atoms with Crippen LogP contribution in [0.1, 0.15) is 5.56 Å². The summed E-state index contributed by atoms with van der Waals surface area (Å²) >= 11 is 1.46. The minimum absolute atomic E-state index is 0.146. The van der Waals surface area contributed by atoms with Crippen LogP contribution in [0.5, 0.6) is 0 Å². The van der Waals surface area contributed by atoms with E-state index in [1.165, 1.54) is 22.2 Å². The number of rotatable bonds is 6. The molecule has 4 aromatic rings. The summed E-state index contributed by atoms with van der Waals surface area (Å²) in [6.07, 6.45) is 2.05. The number of carbonyl (C=O) groups is 1. The molecule has 2 aromatic carbocycles. The Kier molecular flexibility index (Phi) is 5.30. The van der Waals surface area contributed by atoms with Gasteiger partial charge in [-0.1, -0.05) is 60.7 Å². The Balaban J connectivity index is 1.46. The molecule has 4 rings (SSSR count). The van der Waals surface area contributed by atoms with Gasteiger partial charge in [-0.15, -0.1) is 11.3 Å². The van der Waals surface area contributed by atoms with Crippen LogP contribution in [0.25, 0.3) is 20.7 Å². The van der Waals surface area contributed by atoms with E-state index < -0.39 is 5.97 Å². The van der Waals surface area contributed by atoms with E-state index in [4.69, 9.17) is 4.74 Å². The van der Waals surface area contributed by atoms with Gasteiger partial charge in [-0.2, -0.15) is 0 Å². The molecule has 0 spiro atoms. The third-order valence-corrected chi connectivity index (χ3v) is 5.46. The van der Waals surface area contributed by atoms with E-state index in [1.54, 1.807) is 0 Å². The number of fused-ring (bicyclic) bond motifs is 1. The third-order valence-electron chi connectivity index (χ3n) is 4.37. The maximum Gasteiger partial charge on any atom is 0.326 e. The van der Waals surface area contributed by atoms with Crippen molar-refractivity contribution in [1.82, 2.24) is 9.55 Å². The zero-order valence-corrected chi connectivity index (χ0v) is 15.9. The van der Waals surface area contributed by atoms with Crippen molar-refractivity contribution in [1.29, 1.82) is 0 Å². The predicted molar refractivity (Wildman–Crippen MR) is 110 cm³/mol. The van der Waals surface area contributed by atoms with Gasteiger partial charge >= 0.3 is 5.97 Å². The lowest BCUT2D eigenvalue weighted by molar-refractivity contribution is -0.144. The molecular weight excluding hydrogens is 372 g/mol. The van der Waals surface area contributed by atoms with Gasteiger partial charge < -0.3 is 4.74 Å². The van der Waals surface area contributed by atoms with E-state index in [0.717, 1.165) is 16.0 Å². The van der Waals surface area contributed by atoms with Crippen molar-refractivity contribution >= 4 is 27.5 Å². The lowest BCUT2D eigenvalue weighted by atomic mass is 10.2. The highest BCUT2D eigenvalue weighted by atomic mass is 32.1. The van der Waals surface area contributed by atoms with Crippen LogP contribution in [-0.4, -0.2) is 22.1 Å². The van der Waals surface area contributed by atoms with Crippen LogP contribution in [0.15, 0.2) is 77.9 Å². The molecule has 140 valence electrons. The number of hydrogen-bond acceptors (Lipinski definition) is 5. The zero-order chi connectivity index (χ0) is 19.3. The fourth-order valence-electron chi connectivity index (χ4n) is 2.93. The van der Waals surface area contributed by atoms with Crippen molar-refractivity contribution in [2.24, 2.45) is 0 Å². The first-order valence-electron chi connectivity index (χ1n) is 8.94. The molecule has 0 aliphatic carbocycles. The van der Waals surface area contributed by atoms with Gasteiger partial charge in [0.15, 0.2) is 0 Å². The van der Waals surface area contributed by atoms with Gasteiger partial charge in [0, 0.05) is 11.3 Å². The summed E-state index contributed by atoms with van der Waals surface area (Å²) in [6.45, 7) is 0.136. The molecule has 0 saturated carbocycles. The zero-order valence-electron chi connectivity index (χ0n) is 15.1. The van der Waals surface area contributed by atoms with Crippen molar-refractivity contribution in [2.75, 3.05) is 6.61 Å². The van der Waals surface area contributed by atoms with Crippen molar-refractivity contribution in [3.63, 3.8) is 0 Å². The van der Waals surface area contributed by atoms with Crippen molar-refractivity contribution in [3.8, 4) is 10.4 Å². The first-order chi connectivity index (χ1) is 13.7. The smallest absolute Gasteiger partial charge is 0.326 e. The number of esters is 1. The molecule has 0 unspecified atom stereocenters. The Labute approximate surface area is 165 Å². The van der Waals surface area contributed by atoms with Crippen LogP contribution in [0, 0.1) is 0 Å². The van der Waals surface area contributed by atoms with Gasteiger partial charge in [0.05, 0.1) is 18.3 Å². The molecular formula is C22H18N2O3S. The Morgan fingerprint density at radius 3 is 2.50 bits per heavy atom. The molecule has 6 heteroatoms. The predicted octanol–water partition coefficient (Wildman–Crippen LogP) is 3.91. The highest BCUT2D eigenvalue weighted by Gasteiger charge is 2.13. The summed E-state index contributed by atoms with van der Waals surface area (Å²) in [7, 11) is 0. The highest BCUT2D eigenvalue weighted by Crippen LogP contribution is 2.30. The number of carbonyl (C=O) groups excluding carboxylic acids is 1. The van der Waals surface area contributed by atoms with Gasteiger partial charge in [0.2, 0.25) is 0 Å². The molecule has 0 atom stereocenters. The van der Waals surface area contributed by atoms with Crippen LogP contribution in [0.2, 0.25) is 0 Å². The number of aromatic nitrogens is 2. The summed E-state index contributed by atoms with van der Waals surface area (Å²) < 4.78 is 6.57. The molecule has 0 bridgehead atoms. The second-order valence-corrected chi connectivity index (χ2v) is 7.36. The number of benzene rings is 2. The topological polar surface area (TPSA) is 61.2 Å². The standard InChI is InChI=1S/C22H18N2O3S/c25-20(27-12-11-16-7-3-1-4-8-16)14-24-15-23-21-18(22(24)26)13-19(28-21)17-9-5-2-6-10-17/h1-10,13,15H,11-12,14H2. The van der Waals surface area contributed by atoms with Crippen LogP contribution in [-0.2, 0) is 22.5 Å². The van der Waals surface area contributed by atoms with Crippen molar-refractivity contribution < 1.29 is 9.53 Å². The maximum atomic E-state index is 12.7. The third kappa shape index (κ3) is 4.02. The van der Waals surface area contributed by atoms with Gasteiger partial charge in [-0.25, -0.2) is 4.98 Å². The highest BCUT2D eigenvalue weighted by molar-refractivity contribution is 7.21. The van der Waals surface area contributed by atoms with Gasteiger partial charge in [-0.05, 0) is 17.2 Å². The first kappa shape index (κ1) is 18.1. The van der Waals surface area contributed by atoms with E-state index in [-0.39, 0.29) is 18.7 Å². The minimum atomic E-state index is -0.447. The molecule has 0 aliphatic rings. The van der Waals surface area contributed by atoms with Crippen molar-refractivity contribution in [3.05, 3.63) is 89.0 Å².